The Kier molecular flexibility index (Phi) is 3.63. The van der Waals surface area contributed by atoms with Gasteiger partial charge in [-0.3, -0.25) is 0 Å². The molecule has 0 aliphatic rings. The molecule has 0 atom stereocenters. The maximum atomic E-state index is 5.98. The smallest absolute Gasteiger partial charge is 0.225 e. The van der Waals surface area contributed by atoms with Crippen molar-refractivity contribution in [2.45, 2.75) is 11.4 Å². The lowest BCUT2D eigenvalue weighted by molar-refractivity contribution is 0.518. The van der Waals surface area contributed by atoms with E-state index < -0.39 is 0 Å². The fourth-order valence-electron chi connectivity index (χ4n) is 1.72. The molecule has 0 bridgehead atoms. The molecular formula is C12H10ClN3OS2. The van der Waals surface area contributed by atoms with Crippen molar-refractivity contribution in [3.8, 4) is 0 Å². The summed E-state index contributed by atoms with van der Waals surface area (Å²) in [6.45, 7) is 0.571. The van der Waals surface area contributed by atoms with E-state index >= 15 is 0 Å². The molecule has 0 aromatic carbocycles. The molecule has 0 saturated carbocycles. The average Bonchev–Trinajstić information content (AvgIpc) is 3.04. The molecular weight excluding hydrogens is 302 g/mol. The van der Waals surface area contributed by atoms with E-state index in [2.05, 4.69) is 20.7 Å². The van der Waals surface area contributed by atoms with E-state index in [-0.39, 0.29) is 5.28 Å². The summed E-state index contributed by atoms with van der Waals surface area (Å²) in [6.07, 6.45) is 3.67. The molecule has 0 saturated heterocycles. The van der Waals surface area contributed by atoms with Crippen LogP contribution < -0.4 is 5.32 Å². The number of fused-ring (bicyclic) bond motifs is 1. The van der Waals surface area contributed by atoms with Crippen LogP contribution in [-0.4, -0.2) is 16.2 Å². The van der Waals surface area contributed by atoms with Gasteiger partial charge in [0.05, 0.1) is 17.5 Å². The van der Waals surface area contributed by atoms with Gasteiger partial charge in [-0.05, 0) is 30.0 Å². The van der Waals surface area contributed by atoms with Crippen molar-refractivity contribution in [2.24, 2.45) is 0 Å². The van der Waals surface area contributed by atoms with Crippen molar-refractivity contribution in [3.05, 3.63) is 34.8 Å². The van der Waals surface area contributed by atoms with E-state index in [1.54, 1.807) is 29.4 Å². The van der Waals surface area contributed by atoms with Gasteiger partial charge in [0, 0.05) is 10.3 Å². The Morgan fingerprint density at radius 2 is 2.37 bits per heavy atom. The van der Waals surface area contributed by atoms with Gasteiger partial charge in [0.1, 0.15) is 17.1 Å². The Balaban J connectivity index is 1.96. The summed E-state index contributed by atoms with van der Waals surface area (Å²) >= 11 is 9.25. The fraction of sp³-hybridized carbons (Fsp3) is 0.167. The summed E-state index contributed by atoms with van der Waals surface area (Å²) in [5, 5.41) is 5.56. The first-order valence-electron chi connectivity index (χ1n) is 5.53. The van der Waals surface area contributed by atoms with E-state index in [1.807, 2.05) is 18.4 Å². The molecule has 1 N–H and O–H groups in total. The second kappa shape index (κ2) is 5.40. The van der Waals surface area contributed by atoms with Crippen LogP contribution in [0.4, 0.5) is 5.82 Å². The second-order valence-electron chi connectivity index (χ2n) is 3.76. The third kappa shape index (κ3) is 2.56. The number of hydrogen-bond donors (Lipinski definition) is 1. The Bertz CT molecular complexity index is 696. The number of hydrogen-bond acceptors (Lipinski definition) is 6. The van der Waals surface area contributed by atoms with Crippen LogP contribution in [0.2, 0.25) is 5.28 Å². The average molecular weight is 312 g/mol. The van der Waals surface area contributed by atoms with Crippen LogP contribution in [0.3, 0.4) is 0 Å². The highest BCUT2D eigenvalue weighted by Crippen LogP contribution is 2.35. The van der Waals surface area contributed by atoms with Crippen molar-refractivity contribution >= 4 is 50.7 Å². The molecule has 0 unspecified atom stereocenters. The first-order chi connectivity index (χ1) is 9.28. The number of furan rings is 1. The molecule has 0 aliphatic carbocycles. The maximum Gasteiger partial charge on any atom is 0.225 e. The predicted octanol–water partition coefficient (Wildman–Crippen LogP) is 4.27. The summed E-state index contributed by atoms with van der Waals surface area (Å²) < 4.78 is 6.30. The second-order valence-corrected chi connectivity index (χ2v) is 5.82. The molecule has 7 heteroatoms. The Morgan fingerprint density at radius 1 is 1.47 bits per heavy atom. The third-order valence-corrected chi connectivity index (χ3v) is 4.63. The van der Waals surface area contributed by atoms with E-state index in [9.17, 15) is 0 Å². The Hall–Kier alpha value is -1.24. The summed E-state index contributed by atoms with van der Waals surface area (Å²) in [4.78, 5) is 9.66. The zero-order chi connectivity index (χ0) is 13.2. The number of nitrogens with one attached hydrogen (secondary N) is 1. The van der Waals surface area contributed by atoms with Gasteiger partial charge >= 0.3 is 0 Å². The number of nitrogens with zero attached hydrogens (tertiary/aromatic N) is 2. The Morgan fingerprint density at radius 3 is 3.11 bits per heavy atom. The molecule has 0 amide bonds. The van der Waals surface area contributed by atoms with Crippen LogP contribution in [0.15, 0.2) is 33.1 Å². The summed E-state index contributed by atoms with van der Waals surface area (Å²) in [6, 6.07) is 3.77. The molecule has 0 spiro atoms. The van der Waals surface area contributed by atoms with Crippen molar-refractivity contribution in [3.63, 3.8) is 0 Å². The normalized spacial score (nSPS) is 11.1. The SMILES string of the molecule is CSc1csc2c(NCc3ccco3)nc(Cl)nc12. The third-order valence-electron chi connectivity index (χ3n) is 2.59. The molecule has 98 valence electrons. The van der Waals surface area contributed by atoms with E-state index in [0.717, 1.165) is 26.7 Å². The lowest BCUT2D eigenvalue weighted by atomic mass is 10.4. The maximum absolute atomic E-state index is 5.98. The van der Waals surface area contributed by atoms with E-state index in [0.29, 0.717) is 6.54 Å². The number of halogens is 1. The van der Waals surface area contributed by atoms with Crippen molar-refractivity contribution in [1.82, 2.24) is 9.97 Å². The first kappa shape index (κ1) is 12.8. The molecule has 3 rings (SSSR count). The molecule has 4 nitrogen and oxygen atoms in total. The highest BCUT2D eigenvalue weighted by molar-refractivity contribution is 7.99. The molecule has 3 aromatic rings. The lowest BCUT2D eigenvalue weighted by Gasteiger charge is -2.05. The zero-order valence-electron chi connectivity index (χ0n) is 10.0. The lowest BCUT2D eigenvalue weighted by Crippen LogP contribution is -2.01. The summed E-state index contributed by atoms with van der Waals surface area (Å²) in [5.41, 5.74) is 0.902. The van der Waals surface area contributed by atoms with E-state index in [1.165, 1.54) is 0 Å². The van der Waals surface area contributed by atoms with Crippen LogP contribution in [0.25, 0.3) is 10.2 Å². The number of thioether (sulfide) groups is 1. The van der Waals surface area contributed by atoms with Crippen LogP contribution in [0.1, 0.15) is 5.76 Å². The van der Waals surface area contributed by atoms with Gasteiger partial charge in [-0.15, -0.1) is 23.1 Å². The van der Waals surface area contributed by atoms with Gasteiger partial charge in [-0.1, -0.05) is 0 Å². The predicted molar refractivity (Wildman–Crippen MR) is 80.2 cm³/mol. The van der Waals surface area contributed by atoms with Gasteiger partial charge < -0.3 is 9.73 Å². The highest BCUT2D eigenvalue weighted by atomic mass is 35.5. The zero-order valence-corrected chi connectivity index (χ0v) is 12.4. The minimum Gasteiger partial charge on any atom is -0.467 e. The number of rotatable bonds is 4. The molecule has 3 heterocycles. The van der Waals surface area contributed by atoms with Gasteiger partial charge in [0.2, 0.25) is 5.28 Å². The van der Waals surface area contributed by atoms with Gasteiger partial charge in [0.25, 0.3) is 0 Å². The number of anilines is 1. The number of aromatic nitrogens is 2. The quantitative estimate of drug-likeness (QED) is 0.576. The Labute approximate surface area is 123 Å². The molecule has 19 heavy (non-hydrogen) atoms. The van der Waals surface area contributed by atoms with E-state index in [4.69, 9.17) is 16.0 Å². The van der Waals surface area contributed by atoms with Crippen LogP contribution in [0, 0.1) is 0 Å². The largest absolute Gasteiger partial charge is 0.467 e. The highest BCUT2D eigenvalue weighted by Gasteiger charge is 2.12. The molecule has 0 fully saturated rings. The molecule has 0 radical (unpaired) electrons. The topological polar surface area (TPSA) is 51.0 Å². The fourth-order valence-corrected chi connectivity index (χ4v) is 3.66. The van der Waals surface area contributed by atoms with Crippen molar-refractivity contribution in [1.29, 1.82) is 0 Å². The van der Waals surface area contributed by atoms with Crippen molar-refractivity contribution < 1.29 is 4.42 Å². The minimum absolute atomic E-state index is 0.253. The van der Waals surface area contributed by atoms with Crippen molar-refractivity contribution in [2.75, 3.05) is 11.6 Å². The van der Waals surface area contributed by atoms with Crippen LogP contribution >= 0.6 is 34.7 Å². The van der Waals surface area contributed by atoms with Gasteiger partial charge in [-0.2, -0.15) is 4.98 Å². The standard InChI is InChI=1S/C12H10ClN3OS2/c1-18-8-6-19-10-9(8)15-12(13)16-11(10)14-5-7-3-2-4-17-7/h2-4,6H,5H2,1H3,(H,14,15,16). The van der Waals surface area contributed by atoms with Gasteiger partial charge in [0.15, 0.2) is 0 Å². The summed E-state index contributed by atoms with van der Waals surface area (Å²) in [5.74, 6) is 1.60. The van der Waals surface area contributed by atoms with Crippen LogP contribution in [-0.2, 0) is 6.54 Å². The number of thiophene rings is 1. The molecule has 3 aromatic heterocycles. The summed E-state index contributed by atoms with van der Waals surface area (Å²) in [7, 11) is 0. The van der Waals surface area contributed by atoms with Crippen LogP contribution in [0.5, 0.6) is 0 Å². The van der Waals surface area contributed by atoms with Gasteiger partial charge in [-0.25, -0.2) is 4.98 Å². The minimum atomic E-state index is 0.253. The monoisotopic (exact) mass is 311 g/mol. The first-order valence-corrected chi connectivity index (χ1v) is 8.01. The molecule has 0 aliphatic heterocycles.